The summed E-state index contributed by atoms with van der Waals surface area (Å²) in [5.41, 5.74) is 11.1. The number of methoxy groups -OCH3 is 1. The Kier molecular flexibility index (Phi) is 4.79. The first-order valence-corrected chi connectivity index (χ1v) is 8.56. The predicted molar refractivity (Wildman–Crippen MR) is 95.5 cm³/mol. The molecular formula is C17H15F3N4O2S. The van der Waals surface area contributed by atoms with E-state index in [1.54, 1.807) is 13.0 Å². The van der Waals surface area contributed by atoms with Crippen molar-refractivity contribution in [3.63, 3.8) is 0 Å². The van der Waals surface area contributed by atoms with Crippen LogP contribution in [0.3, 0.4) is 0 Å². The van der Waals surface area contributed by atoms with Gasteiger partial charge in [-0.3, -0.25) is 4.79 Å². The van der Waals surface area contributed by atoms with Crippen LogP contribution in [0.2, 0.25) is 0 Å². The van der Waals surface area contributed by atoms with Gasteiger partial charge in [-0.1, -0.05) is 0 Å². The highest BCUT2D eigenvalue weighted by Gasteiger charge is 2.33. The topological polar surface area (TPSA) is 104 Å². The summed E-state index contributed by atoms with van der Waals surface area (Å²) in [4.78, 5) is 20.0. The van der Waals surface area contributed by atoms with Gasteiger partial charge in [-0.05, 0) is 31.2 Å². The average molecular weight is 396 g/mol. The summed E-state index contributed by atoms with van der Waals surface area (Å²) in [6.45, 7) is 1.66. The molecule has 2 heterocycles. The lowest BCUT2D eigenvalue weighted by atomic mass is 10.1. The van der Waals surface area contributed by atoms with Crippen LogP contribution in [0.25, 0.3) is 21.5 Å². The van der Waals surface area contributed by atoms with E-state index in [0.717, 1.165) is 17.4 Å². The fourth-order valence-corrected chi connectivity index (χ4v) is 3.70. The number of carbonyl (C=O) groups excluding carboxylic acids is 1. The molecule has 10 heteroatoms. The number of rotatable bonds is 4. The first-order chi connectivity index (χ1) is 12.6. The van der Waals surface area contributed by atoms with Crippen LogP contribution in [0.1, 0.15) is 34.0 Å². The number of nitrogens with zero attached hydrogens (tertiary/aromatic N) is 2. The normalized spacial score (nSPS) is 13.0. The highest BCUT2D eigenvalue weighted by Crippen LogP contribution is 2.39. The van der Waals surface area contributed by atoms with Crippen molar-refractivity contribution < 1.29 is 22.7 Å². The molecule has 0 aliphatic rings. The number of thiazole rings is 1. The fraction of sp³-hybridized carbons (Fsp3) is 0.235. The number of amides is 1. The SMILES string of the molecule is COc1ccc(-c2nc(C(C)N)c(C(N)=O)s2)c2ccc(C(F)(F)F)nc12. The van der Waals surface area contributed by atoms with E-state index < -0.39 is 23.8 Å². The van der Waals surface area contributed by atoms with Crippen molar-refractivity contribution >= 4 is 28.1 Å². The molecule has 2 aromatic heterocycles. The van der Waals surface area contributed by atoms with Gasteiger partial charge >= 0.3 is 6.18 Å². The lowest BCUT2D eigenvalue weighted by molar-refractivity contribution is -0.140. The quantitative estimate of drug-likeness (QED) is 0.702. The van der Waals surface area contributed by atoms with Crippen LogP contribution in [0.4, 0.5) is 13.2 Å². The van der Waals surface area contributed by atoms with E-state index in [0.29, 0.717) is 21.7 Å². The Bertz CT molecular complexity index is 1030. The van der Waals surface area contributed by atoms with E-state index in [2.05, 4.69) is 9.97 Å². The summed E-state index contributed by atoms with van der Waals surface area (Å²) in [5.74, 6) is -0.472. The highest BCUT2D eigenvalue weighted by molar-refractivity contribution is 7.17. The van der Waals surface area contributed by atoms with E-state index in [-0.39, 0.29) is 16.1 Å². The van der Waals surface area contributed by atoms with Gasteiger partial charge in [0.05, 0.1) is 12.8 Å². The van der Waals surface area contributed by atoms with Crippen molar-refractivity contribution in [1.82, 2.24) is 9.97 Å². The summed E-state index contributed by atoms with van der Waals surface area (Å²) >= 11 is 1.03. The molecule has 3 aromatic rings. The lowest BCUT2D eigenvalue weighted by Gasteiger charge is -2.11. The Hall–Kier alpha value is -2.72. The summed E-state index contributed by atoms with van der Waals surface area (Å²) in [6, 6.07) is 4.81. The summed E-state index contributed by atoms with van der Waals surface area (Å²) in [6.07, 6.45) is -4.59. The number of ether oxygens (including phenoxy) is 1. The second-order valence-corrected chi connectivity index (χ2v) is 6.79. The Balaban J connectivity index is 2.27. The predicted octanol–water partition coefficient (Wildman–Crippen LogP) is 3.50. The molecule has 1 aromatic carbocycles. The summed E-state index contributed by atoms with van der Waals surface area (Å²) in [5, 5.41) is 0.814. The number of halogens is 3. The highest BCUT2D eigenvalue weighted by atomic mass is 32.1. The Morgan fingerprint density at radius 2 is 1.93 bits per heavy atom. The molecule has 6 nitrogen and oxygen atoms in total. The molecule has 4 N–H and O–H groups in total. The molecule has 0 saturated heterocycles. The number of pyridine rings is 1. The molecule has 0 aliphatic heterocycles. The molecule has 0 fully saturated rings. The summed E-state index contributed by atoms with van der Waals surface area (Å²) in [7, 11) is 1.35. The zero-order chi connectivity index (χ0) is 19.9. The first kappa shape index (κ1) is 19.1. The van der Waals surface area contributed by atoms with Crippen molar-refractivity contribution in [3.05, 3.63) is 40.5 Å². The standard InChI is InChI=1S/C17H15F3N4O2S/c1-7(21)12-14(15(22)25)27-16(24-12)9-3-5-10(26-2)13-8(9)4-6-11(23-13)17(18,19)20/h3-7H,21H2,1-2H3,(H2,22,25). The molecule has 3 rings (SSSR count). The van der Waals surface area contributed by atoms with E-state index >= 15 is 0 Å². The van der Waals surface area contributed by atoms with Gasteiger partial charge < -0.3 is 16.2 Å². The minimum Gasteiger partial charge on any atom is -0.494 e. The number of hydrogen-bond acceptors (Lipinski definition) is 6. The number of fused-ring (bicyclic) bond motifs is 1. The van der Waals surface area contributed by atoms with Gasteiger partial charge in [-0.25, -0.2) is 9.97 Å². The van der Waals surface area contributed by atoms with E-state index in [9.17, 15) is 18.0 Å². The van der Waals surface area contributed by atoms with Gasteiger partial charge in [0.1, 0.15) is 26.8 Å². The van der Waals surface area contributed by atoms with E-state index in [4.69, 9.17) is 16.2 Å². The van der Waals surface area contributed by atoms with E-state index in [1.807, 2.05) is 0 Å². The third kappa shape index (κ3) is 3.45. The largest absolute Gasteiger partial charge is 0.494 e. The second kappa shape index (κ2) is 6.78. The number of primary amides is 1. The smallest absolute Gasteiger partial charge is 0.433 e. The average Bonchev–Trinajstić information content (AvgIpc) is 3.05. The first-order valence-electron chi connectivity index (χ1n) is 7.75. The third-order valence-electron chi connectivity index (χ3n) is 3.87. The number of aromatic nitrogens is 2. The van der Waals surface area contributed by atoms with Crippen molar-refractivity contribution in [2.45, 2.75) is 19.1 Å². The van der Waals surface area contributed by atoms with Crippen LogP contribution >= 0.6 is 11.3 Å². The molecule has 1 unspecified atom stereocenters. The number of alkyl halides is 3. The van der Waals surface area contributed by atoms with Crippen molar-refractivity contribution in [2.24, 2.45) is 11.5 Å². The summed E-state index contributed by atoms with van der Waals surface area (Å²) < 4.78 is 44.2. The number of benzene rings is 1. The van der Waals surface area contributed by atoms with Crippen LogP contribution in [0, 0.1) is 0 Å². The van der Waals surface area contributed by atoms with Crippen molar-refractivity contribution in [3.8, 4) is 16.3 Å². The molecule has 0 saturated carbocycles. The Labute approximate surface area is 156 Å². The molecule has 0 bridgehead atoms. The van der Waals surface area contributed by atoms with E-state index in [1.165, 1.54) is 19.2 Å². The second-order valence-electron chi connectivity index (χ2n) is 5.79. The number of nitrogens with two attached hydrogens (primary N) is 2. The minimum atomic E-state index is -4.59. The van der Waals surface area contributed by atoms with Crippen LogP contribution in [-0.2, 0) is 6.18 Å². The maximum absolute atomic E-state index is 13.0. The van der Waals surface area contributed by atoms with Gasteiger partial charge in [0.25, 0.3) is 5.91 Å². The molecule has 0 spiro atoms. The molecular weight excluding hydrogens is 381 g/mol. The van der Waals surface area contributed by atoms with Crippen LogP contribution in [-0.4, -0.2) is 23.0 Å². The maximum atomic E-state index is 13.0. The van der Waals surface area contributed by atoms with Gasteiger partial charge in [-0.2, -0.15) is 13.2 Å². The molecule has 0 radical (unpaired) electrons. The van der Waals surface area contributed by atoms with Crippen LogP contribution in [0.15, 0.2) is 24.3 Å². The van der Waals surface area contributed by atoms with Crippen LogP contribution < -0.4 is 16.2 Å². The van der Waals surface area contributed by atoms with Gasteiger partial charge in [0, 0.05) is 17.0 Å². The number of hydrogen-bond donors (Lipinski definition) is 2. The lowest BCUT2D eigenvalue weighted by Crippen LogP contribution is -2.15. The molecule has 1 amide bonds. The number of carbonyl (C=O) groups is 1. The third-order valence-corrected chi connectivity index (χ3v) is 4.99. The van der Waals surface area contributed by atoms with Crippen molar-refractivity contribution in [1.29, 1.82) is 0 Å². The molecule has 1 atom stereocenters. The Morgan fingerprint density at radius 3 is 2.44 bits per heavy atom. The van der Waals surface area contributed by atoms with Gasteiger partial charge in [-0.15, -0.1) is 11.3 Å². The molecule has 142 valence electrons. The van der Waals surface area contributed by atoms with Gasteiger partial charge in [0.2, 0.25) is 0 Å². The molecule has 27 heavy (non-hydrogen) atoms. The van der Waals surface area contributed by atoms with Crippen molar-refractivity contribution in [2.75, 3.05) is 7.11 Å². The zero-order valence-corrected chi connectivity index (χ0v) is 15.1. The van der Waals surface area contributed by atoms with Gasteiger partial charge in [0.15, 0.2) is 0 Å². The zero-order valence-electron chi connectivity index (χ0n) is 14.3. The molecule has 0 aliphatic carbocycles. The van der Waals surface area contributed by atoms with Crippen LogP contribution in [0.5, 0.6) is 5.75 Å². The maximum Gasteiger partial charge on any atom is 0.433 e. The Morgan fingerprint density at radius 1 is 1.22 bits per heavy atom. The monoisotopic (exact) mass is 396 g/mol. The fourth-order valence-electron chi connectivity index (χ4n) is 2.63. The minimum absolute atomic E-state index is 0.0444.